The number of hydrogen-bond acceptors (Lipinski definition) is 8. The Bertz CT molecular complexity index is 1720. The van der Waals surface area contributed by atoms with Gasteiger partial charge in [0.2, 0.25) is 18.6 Å². The average Bonchev–Trinajstić information content (AvgIpc) is 3.72. The van der Waals surface area contributed by atoms with Crippen molar-refractivity contribution in [3.8, 4) is 22.8 Å². The van der Waals surface area contributed by atoms with E-state index in [1.54, 1.807) is 56.3 Å². The lowest BCUT2D eigenvalue weighted by Crippen LogP contribution is -2.57. The molecule has 0 atom stereocenters. The fourth-order valence-electron chi connectivity index (χ4n) is 4.86. The van der Waals surface area contributed by atoms with E-state index in [4.69, 9.17) is 14.5 Å². The number of ether oxygens (including phenoxy) is 2. The maximum atomic E-state index is 14.0. The number of rotatable bonds is 8. The second-order valence-electron chi connectivity index (χ2n) is 10.3. The van der Waals surface area contributed by atoms with Gasteiger partial charge in [-0.1, -0.05) is 42.5 Å². The molecule has 3 amide bonds. The van der Waals surface area contributed by atoms with Gasteiger partial charge in [-0.15, -0.1) is 11.3 Å². The van der Waals surface area contributed by atoms with Gasteiger partial charge in [-0.3, -0.25) is 24.1 Å². The molecule has 0 fully saturated rings. The molecule has 2 aliphatic rings. The van der Waals surface area contributed by atoms with Gasteiger partial charge in [0.25, 0.3) is 11.7 Å². The Morgan fingerprint density at radius 3 is 2.55 bits per heavy atom. The van der Waals surface area contributed by atoms with Gasteiger partial charge in [0.15, 0.2) is 11.5 Å². The zero-order valence-electron chi connectivity index (χ0n) is 22.8. The standard InChI is InChI=1S/C31H26N4O6S/c1-31(2,30(39)32-20-12-13-24-25(14-20)41-18-40-24)35(15-26-33-22(17-42-26)19-8-4-3-5-9-19)27(36)16-34-23-11-7-6-10-21(23)28(37)29(34)38/h3-14,17H,15-16,18H2,1-2H3,(H,32,39). The molecular weight excluding hydrogens is 556 g/mol. The van der Waals surface area contributed by atoms with E-state index in [2.05, 4.69) is 5.32 Å². The molecule has 1 aromatic heterocycles. The zero-order valence-corrected chi connectivity index (χ0v) is 23.6. The summed E-state index contributed by atoms with van der Waals surface area (Å²) < 4.78 is 10.8. The molecule has 0 saturated carbocycles. The predicted octanol–water partition coefficient (Wildman–Crippen LogP) is 4.51. The lowest BCUT2D eigenvalue weighted by molar-refractivity contribution is -0.143. The summed E-state index contributed by atoms with van der Waals surface area (Å²) in [6.07, 6.45) is 0. The van der Waals surface area contributed by atoms with Crippen molar-refractivity contribution < 1.29 is 28.7 Å². The monoisotopic (exact) mass is 582 g/mol. The topological polar surface area (TPSA) is 118 Å². The van der Waals surface area contributed by atoms with Gasteiger partial charge in [-0.2, -0.15) is 0 Å². The molecule has 3 heterocycles. The van der Waals surface area contributed by atoms with Gasteiger partial charge in [-0.05, 0) is 38.1 Å². The minimum atomic E-state index is -1.39. The molecule has 0 bridgehead atoms. The molecule has 0 unspecified atom stereocenters. The third-order valence-corrected chi connectivity index (χ3v) is 8.08. The first-order valence-corrected chi connectivity index (χ1v) is 14.1. The van der Waals surface area contributed by atoms with E-state index in [0.717, 1.165) is 16.2 Å². The van der Waals surface area contributed by atoms with Crippen LogP contribution in [0.1, 0.15) is 29.2 Å². The Morgan fingerprint density at radius 2 is 1.74 bits per heavy atom. The molecule has 0 radical (unpaired) electrons. The predicted molar refractivity (Wildman–Crippen MR) is 156 cm³/mol. The summed E-state index contributed by atoms with van der Waals surface area (Å²) in [6.45, 7) is 2.95. The molecule has 2 aliphatic heterocycles. The number of hydrogen-bond donors (Lipinski definition) is 1. The van der Waals surface area contributed by atoms with Crippen LogP contribution >= 0.6 is 11.3 Å². The summed E-state index contributed by atoms with van der Waals surface area (Å²) in [7, 11) is 0. The first-order chi connectivity index (χ1) is 20.2. The number of carbonyl (C=O) groups is 4. The summed E-state index contributed by atoms with van der Waals surface area (Å²) in [5.74, 6) is -1.35. The highest BCUT2D eigenvalue weighted by molar-refractivity contribution is 7.09. The molecule has 3 aromatic carbocycles. The Hall–Kier alpha value is -5.03. The number of Topliss-reactive ketones (excluding diaryl/α,β-unsaturated/α-hetero) is 1. The average molecular weight is 583 g/mol. The van der Waals surface area contributed by atoms with Crippen molar-refractivity contribution in [2.45, 2.75) is 25.9 Å². The number of thiazole rings is 1. The van der Waals surface area contributed by atoms with Gasteiger partial charge in [0.1, 0.15) is 17.1 Å². The smallest absolute Gasteiger partial charge is 0.299 e. The van der Waals surface area contributed by atoms with Crippen LogP contribution < -0.4 is 19.7 Å². The van der Waals surface area contributed by atoms with Crippen molar-refractivity contribution in [2.24, 2.45) is 0 Å². The fraction of sp³-hybridized carbons (Fsp3) is 0.194. The maximum absolute atomic E-state index is 14.0. The second kappa shape index (κ2) is 10.7. The molecule has 11 heteroatoms. The number of amides is 3. The normalized spacial score (nSPS) is 13.7. The van der Waals surface area contributed by atoms with E-state index in [9.17, 15) is 19.2 Å². The van der Waals surface area contributed by atoms with Crippen molar-refractivity contribution in [2.75, 3.05) is 23.6 Å². The lowest BCUT2D eigenvalue weighted by Gasteiger charge is -2.37. The van der Waals surface area contributed by atoms with Crippen molar-refractivity contribution in [3.05, 3.63) is 88.7 Å². The summed E-state index contributed by atoms with van der Waals surface area (Å²) >= 11 is 1.37. The summed E-state index contributed by atoms with van der Waals surface area (Å²) in [4.78, 5) is 60.4. The minimum Gasteiger partial charge on any atom is -0.454 e. The van der Waals surface area contributed by atoms with Crippen LogP contribution in [0.25, 0.3) is 11.3 Å². The van der Waals surface area contributed by atoms with Crippen LogP contribution in [0.2, 0.25) is 0 Å². The summed E-state index contributed by atoms with van der Waals surface area (Å²) in [5.41, 5.74) is 1.37. The fourth-order valence-corrected chi connectivity index (χ4v) is 5.66. The number of benzene rings is 3. The van der Waals surface area contributed by atoms with E-state index in [1.165, 1.54) is 16.2 Å². The van der Waals surface area contributed by atoms with Gasteiger partial charge >= 0.3 is 0 Å². The molecule has 212 valence electrons. The number of anilines is 2. The second-order valence-corrected chi connectivity index (χ2v) is 11.2. The molecule has 0 saturated heterocycles. The van der Waals surface area contributed by atoms with Crippen LogP contribution in [-0.4, -0.2) is 52.3 Å². The van der Waals surface area contributed by atoms with Crippen molar-refractivity contribution in [1.82, 2.24) is 9.88 Å². The zero-order chi connectivity index (χ0) is 29.4. The number of ketones is 1. The van der Waals surface area contributed by atoms with Gasteiger partial charge < -0.3 is 19.7 Å². The Kier molecular flexibility index (Phi) is 6.95. The van der Waals surface area contributed by atoms with E-state index >= 15 is 0 Å². The third kappa shape index (κ3) is 4.99. The van der Waals surface area contributed by atoms with E-state index in [-0.39, 0.29) is 18.9 Å². The van der Waals surface area contributed by atoms with Crippen LogP contribution in [0.15, 0.2) is 78.2 Å². The molecule has 0 spiro atoms. The molecule has 6 rings (SSSR count). The maximum Gasteiger partial charge on any atom is 0.299 e. The van der Waals surface area contributed by atoms with Crippen LogP contribution in [0.5, 0.6) is 11.5 Å². The number of para-hydroxylation sites is 1. The summed E-state index contributed by atoms with van der Waals surface area (Å²) in [5, 5.41) is 5.37. The molecule has 0 aliphatic carbocycles. The van der Waals surface area contributed by atoms with E-state index in [1.807, 2.05) is 35.7 Å². The van der Waals surface area contributed by atoms with Crippen LogP contribution in [0, 0.1) is 0 Å². The first-order valence-electron chi connectivity index (χ1n) is 13.2. The lowest BCUT2D eigenvalue weighted by atomic mass is 10.0. The highest BCUT2D eigenvalue weighted by Crippen LogP contribution is 2.35. The van der Waals surface area contributed by atoms with Crippen LogP contribution in [-0.2, 0) is 20.9 Å². The van der Waals surface area contributed by atoms with Crippen molar-refractivity contribution in [3.63, 3.8) is 0 Å². The van der Waals surface area contributed by atoms with E-state index < -0.39 is 35.6 Å². The Morgan fingerprint density at radius 1 is 1.00 bits per heavy atom. The van der Waals surface area contributed by atoms with Crippen LogP contribution in [0.4, 0.5) is 11.4 Å². The largest absolute Gasteiger partial charge is 0.454 e. The molecule has 4 aromatic rings. The molecule has 10 nitrogen and oxygen atoms in total. The Balaban J connectivity index is 1.29. The van der Waals surface area contributed by atoms with Gasteiger partial charge in [0.05, 0.1) is 23.5 Å². The number of nitrogens with one attached hydrogen (secondary N) is 1. The summed E-state index contributed by atoms with van der Waals surface area (Å²) in [6, 6.07) is 21.2. The SMILES string of the molecule is CC(C)(C(=O)Nc1ccc2c(c1)OCO2)N(Cc1nc(-c2ccccc2)cs1)C(=O)CN1C(=O)C(=O)c2ccccc21. The highest BCUT2D eigenvalue weighted by atomic mass is 32.1. The third-order valence-electron chi connectivity index (χ3n) is 7.25. The first kappa shape index (κ1) is 27.2. The highest BCUT2D eigenvalue weighted by Gasteiger charge is 2.42. The number of fused-ring (bicyclic) bond motifs is 2. The molecular formula is C31H26N4O6S. The molecule has 1 N–H and O–H groups in total. The number of nitrogens with zero attached hydrogens (tertiary/aromatic N) is 3. The number of carbonyl (C=O) groups excluding carboxylic acids is 4. The molecule has 42 heavy (non-hydrogen) atoms. The minimum absolute atomic E-state index is 0.00944. The van der Waals surface area contributed by atoms with Gasteiger partial charge in [0, 0.05) is 22.7 Å². The van der Waals surface area contributed by atoms with Gasteiger partial charge in [-0.25, -0.2) is 4.98 Å². The Labute approximate surface area is 245 Å². The quantitative estimate of drug-likeness (QED) is 0.304. The van der Waals surface area contributed by atoms with E-state index in [0.29, 0.717) is 27.9 Å². The number of aromatic nitrogens is 1. The van der Waals surface area contributed by atoms with Crippen LogP contribution in [0.3, 0.4) is 0 Å². The van der Waals surface area contributed by atoms with Crippen molar-refractivity contribution in [1.29, 1.82) is 0 Å². The van der Waals surface area contributed by atoms with Crippen molar-refractivity contribution >= 4 is 46.2 Å².